The maximum absolute atomic E-state index is 10.8. The fraction of sp³-hybridized carbons (Fsp3) is 0.143. The first-order valence-electron chi connectivity index (χ1n) is 6.02. The van der Waals surface area contributed by atoms with Crippen molar-refractivity contribution in [1.82, 2.24) is 0 Å². The van der Waals surface area contributed by atoms with E-state index >= 15 is 0 Å². The van der Waals surface area contributed by atoms with E-state index in [9.17, 15) is 10.1 Å². The molecule has 2 aromatic rings. The number of rotatable bonds is 5. The van der Waals surface area contributed by atoms with Gasteiger partial charge in [-0.1, -0.05) is 29.3 Å². The fourth-order valence-corrected chi connectivity index (χ4v) is 2.40. The van der Waals surface area contributed by atoms with Gasteiger partial charge in [-0.25, -0.2) is 0 Å². The molecule has 5 nitrogen and oxygen atoms in total. The summed E-state index contributed by atoms with van der Waals surface area (Å²) >= 11 is 12.1. The van der Waals surface area contributed by atoms with Crippen LogP contribution in [0, 0.1) is 10.1 Å². The summed E-state index contributed by atoms with van der Waals surface area (Å²) < 4.78 is 5.20. The average molecular weight is 327 g/mol. The lowest BCUT2D eigenvalue weighted by Crippen LogP contribution is -2.03. The van der Waals surface area contributed by atoms with Gasteiger partial charge in [0.2, 0.25) is 0 Å². The highest BCUT2D eigenvalue weighted by molar-refractivity contribution is 6.39. The number of benzene rings is 2. The highest BCUT2D eigenvalue weighted by atomic mass is 35.5. The quantitative estimate of drug-likeness (QED) is 0.648. The van der Waals surface area contributed by atoms with Crippen LogP contribution in [0.15, 0.2) is 36.4 Å². The Morgan fingerprint density at radius 1 is 1.24 bits per heavy atom. The zero-order valence-corrected chi connectivity index (χ0v) is 12.6. The van der Waals surface area contributed by atoms with E-state index in [4.69, 9.17) is 27.9 Å². The lowest BCUT2D eigenvalue weighted by atomic mass is 10.1. The molecule has 0 atom stereocenters. The number of hydrogen-bond donors (Lipinski definition) is 1. The molecule has 0 saturated carbocycles. The van der Waals surface area contributed by atoms with Crippen molar-refractivity contribution in [2.75, 3.05) is 12.4 Å². The van der Waals surface area contributed by atoms with Gasteiger partial charge in [-0.2, -0.15) is 0 Å². The van der Waals surface area contributed by atoms with Crippen molar-refractivity contribution in [3.8, 4) is 5.75 Å². The van der Waals surface area contributed by atoms with Crippen molar-refractivity contribution in [3.05, 3.63) is 62.1 Å². The summed E-state index contributed by atoms with van der Waals surface area (Å²) in [6, 6.07) is 9.56. The standard InChI is InChI=1S/C14H12Cl2N2O3/c1-21-13-6-5-10(18(19)20)7-9(13)8-17-14-11(15)3-2-4-12(14)16/h2-7,17H,8H2,1H3. The molecule has 0 unspecified atom stereocenters. The van der Waals surface area contributed by atoms with Gasteiger partial charge in [0.05, 0.1) is 27.8 Å². The van der Waals surface area contributed by atoms with E-state index < -0.39 is 4.92 Å². The molecule has 0 aliphatic carbocycles. The summed E-state index contributed by atoms with van der Waals surface area (Å²) in [5.74, 6) is 0.552. The Hall–Kier alpha value is -1.98. The fourth-order valence-electron chi connectivity index (χ4n) is 1.87. The predicted octanol–water partition coefficient (Wildman–Crippen LogP) is 4.52. The van der Waals surface area contributed by atoms with Gasteiger partial charge in [-0.15, -0.1) is 0 Å². The van der Waals surface area contributed by atoms with E-state index in [-0.39, 0.29) is 5.69 Å². The summed E-state index contributed by atoms with van der Waals surface area (Å²) in [4.78, 5) is 10.4. The van der Waals surface area contributed by atoms with Crippen molar-refractivity contribution in [1.29, 1.82) is 0 Å². The zero-order chi connectivity index (χ0) is 15.4. The molecule has 1 N–H and O–H groups in total. The monoisotopic (exact) mass is 326 g/mol. The van der Waals surface area contributed by atoms with Crippen LogP contribution in [0.4, 0.5) is 11.4 Å². The Morgan fingerprint density at radius 2 is 1.90 bits per heavy atom. The van der Waals surface area contributed by atoms with Crippen LogP contribution in [0.3, 0.4) is 0 Å². The minimum atomic E-state index is -0.453. The predicted molar refractivity (Wildman–Crippen MR) is 83.4 cm³/mol. The second kappa shape index (κ2) is 6.65. The van der Waals surface area contributed by atoms with Gasteiger partial charge < -0.3 is 10.1 Å². The first-order chi connectivity index (χ1) is 10.0. The molecular weight excluding hydrogens is 315 g/mol. The zero-order valence-electron chi connectivity index (χ0n) is 11.1. The first-order valence-corrected chi connectivity index (χ1v) is 6.77. The molecule has 0 spiro atoms. The van der Waals surface area contributed by atoms with Crippen molar-refractivity contribution in [2.24, 2.45) is 0 Å². The molecular formula is C14H12Cl2N2O3. The maximum Gasteiger partial charge on any atom is 0.270 e. The molecule has 21 heavy (non-hydrogen) atoms. The molecule has 7 heteroatoms. The number of para-hydroxylation sites is 1. The molecule has 0 aliphatic rings. The number of halogens is 2. The number of ether oxygens (including phenoxy) is 1. The highest BCUT2D eigenvalue weighted by Gasteiger charge is 2.12. The van der Waals surface area contributed by atoms with Crippen LogP contribution in [0.25, 0.3) is 0 Å². The average Bonchev–Trinajstić information content (AvgIpc) is 2.46. The van der Waals surface area contributed by atoms with Gasteiger partial charge in [0.1, 0.15) is 5.75 Å². The molecule has 0 radical (unpaired) electrons. The Kier molecular flexibility index (Phi) is 4.88. The van der Waals surface area contributed by atoms with Crippen molar-refractivity contribution >= 4 is 34.6 Å². The number of anilines is 1. The van der Waals surface area contributed by atoms with E-state index in [0.29, 0.717) is 33.6 Å². The van der Waals surface area contributed by atoms with Crippen LogP contribution in [0.5, 0.6) is 5.75 Å². The molecule has 0 aliphatic heterocycles. The van der Waals surface area contributed by atoms with E-state index in [1.54, 1.807) is 24.3 Å². The van der Waals surface area contributed by atoms with E-state index in [1.807, 2.05) is 0 Å². The largest absolute Gasteiger partial charge is 0.496 e. The normalized spacial score (nSPS) is 10.2. The molecule has 110 valence electrons. The number of hydrogen-bond acceptors (Lipinski definition) is 4. The second-order valence-electron chi connectivity index (χ2n) is 4.20. The van der Waals surface area contributed by atoms with Crippen LogP contribution < -0.4 is 10.1 Å². The highest BCUT2D eigenvalue weighted by Crippen LogP contribution is 2.31. The van der Waals surface area contributed by atoms with Gasteiger partial charge in [0.15, 0.2) is 0 Å². The summed E-state index contributed by atoms with van der Waals surface area (Å²) in [6.07, 6.45) is 0. The summed E-state index contributed by atoms with van der Waals surface area (Å²) in [5.41, 5.74) is 1.22. The van der Waals surface area contributed by atoms with E-state index in [0.717, 1.165) is 0 Å². The third-order valence-corrected chi connectivity index (χ3v) is 3.52. The molecule has 2 rings (SSSR count). The Labute approximate surface area is 131 Å². The number of nitro benzene ring substituents is 1. The smallest absolute Gasteiger partial charge is 0.270 e. The van der Waals surface area contributed by atoms with Crippen LogP contribution in [-0.4, -0.2) is 12.0 Å². The molecule has 0 bridgehead atoms. The van der Waals surface area contributed by atoms with Crippen LogP contribution in [-0.2, 0) is 6.54 Å². The Balaban J connectivity index is 2.26. The minimum absolute atomic E-state index is 0.00199. The molecule has 0 fully saturated rings. The van der Waals surface area contributed by atoms with Gasteiger partial charge in [0, 0.05) is 24.2 Å². The van der Waals surface area contributed by atoms with Crippen molar-refractivity contribution in [3.63, 3.8) is 0 Å². The second-order valence-corrected chi connectivity index (χ2v) is 5.02. The van der Waals surface area contributed by atoms with Crippen LogP contribution in [0.2, 0.25) is 10.0 Å². The summed E-state index contributed by atoms with van der Waals surface area (Å²) in [7, 11) is 1.51. The lowest BCUT2D eigenvalue weighted by Gasteiger charge is -2.12. The number of nitrogens with one attached hydrogen (secondary N) is 1. The van der Waals surface area contributed by atoms with Crippen LogP contribution in [0.1, 0.15) is 5.56 Å². The van der Waals surface area contributed by atoms with Crippen molar-refractivity contribution in [2.45, 2.75) is 6.54 Å². The SMILES string of the molecule is COc1ccc([N+](=O)[O-])cc1CNc1c(Cl)cccc1Cl. The summed E-state index contributed by atoms with van der Waals surface area (Å²) in [6.45, 7) is 0.300. The van der Waals surface area contributed by atoms with Crippen molar-refractivity contribution < 1.29 is 9.66 Å². The van der Waals surface area contributed by atoms with Gasteiger partial charge in [-0.3, -0.25) is 10.1 Å². The van der Waals surface area contributed by atoms with Crippen LogP contribution >= 0.6 is 23.2 Å². The lowest BCUT2D eigenvalue weighted by molar-refractivity contribution is -0.384. The minimum Gasteiger partial charge on any atom is -0.496 e. The Bertz CT molecular complexity index is 657. The number of nitrogens with zero attached hydrogens (tertiary/aromatic N) is 1. The topological polar surface area (TPSA) is 64.4 Å². The molecule has 2 aromatic carbocycles. The first kappa shape index (κ1) is 15.4. The number of nitro groups is 1. The third-order valence-electron chi connectivity index (χ3n) is 2.89. The van der Waals surface area contributed by atoms with E-state index in [2.05, 4.69) is 5.32 Å². The number of non-ortho nitro benzene ring substituents is 1. The third kappa shape index (κ3) is 3.56. The van der Waals surface area contributed by atoms with Gasteiger partial charge >= 0.3 is 0 Å². The Morgan fingerprint density at radius 3 is 2.48 bits per heavy atom. The summed E-state index contributed by atoms with van der Waals surface area (Å²) in [5, 5.41) is 14.9. The molecule has 0 saturated heterocycles. The molecule has 0 amide bonds. The van der Waals surface area contributed by atoms with Gasteiger partial charge in [-0.05, 0) is 18.2 Å². The molecule has 0 heterocycles. The maximum atomic E-state index is 10.8. The van der Waals surface area contributed by atoms with E-state index in [1.165, 1.54) is 19.2 Å². The molecule has 0 aromatic heterocycles. The number of methoxy groups -OCH3 is 1. The van der Waals surface area contributed by atoms with Gasteiger partial charge in [0.25, 0.3) is 5.69 Å².